The number of benzene rings is 1. The van der Waals surface area contributed by atoms with E-state index in [4.69, 9.17) is 11.6 Å². The van der Waals surface area contributed by atoms with Crippen LogP contribution in [-0.2, 0) is 0 Å². The minimum atomic E-state index is -0.189. The summed E-state index contributed by atoms with van der Waals surface area (Å²) >= 11 is 6.15. The van der Waals surface area contributed by atoms with Crippen molar-refractivity contribution in [1.82, 2.24) is 15.2 Å². The van der Waals surface area contributed by atoms with Crippen molar-refractivity contribution in [1.29, 1.82) is 0 Å². The maximum absolute atomic E-state index is 12.5. The Kier molecular flexibility index (Phi) is 5.73. The van der Waals surface area contributed by atoms with E-state index in [9.17, 15) is 9.59 Å². The van der Waals surface area contributed by atoms with Crippen molar-refractivity contribution < 1.29 is 9.59 Å². The summed E-state index contributed by atoms with van der Waals surface area (Å²) in [5.41, 5.74) is 1.92. The van der Waals surface area contributed by atoms with Crippen molar-refractivity contribution in [3.05, 3.63) is 58.9 Å². The molecule has 1 saturated heterocycles. The van der Waals surface area contributed by atoms with Gasteiger partial charge < -0.3 is 15.5 Å². The molecule has 1 aliphatic heterocycles. The van der Waals surface area contributed by atoms with Crippen LogP contribution >= 0.6 is 11.6 Å². The number of nitrogens with zero attached hydrogens (tertiary/aromatic N) is 2. The molecule has 2 amide bonds. The molecule has 0 bridgehead atoms. The van der Waals surface area contributed by atoms with E-state index >= 15 is 0 Å². The zero-order valence-corrected chi connectivity index (χ0v) is 15.3. The lowest BCUT2D eigenvalue weighted by molar-refractivity contribution is 0.0698. The van der Waals surface area contributed by atoms with Crippen LogP contribution < -0.4 is 10.6 Å². The molecule has 1 aliphatic rings. The molecule has 0 aliphatic carbocycles. The van der Waals surface area contributed by atoms with Gasteiger partial charge in [-0.05, 0) is 43.2 Å². The second-order valence-electron chi connectivity index (χ2n) is 6.22. The standard InChI is InChI=1S/C19H21ClN4O2/c1-21-15-2-3-17(20)16(12-15)18(25)23-14-6-10-24(11-7-14)19(26)13-4-8-22-9-5-13/h2-5,8-9,12,14,21H,6-7,10-11H2,1H3,(H,23,25). The Hall–Kier alpha value is -2.60. The van der Waals surface area contributed by atoms with Gasteiger partial charge in [-0.3, -0.25) is 14.6 Å². The van der Waals surface area contributed by atoms with Gasteiger partial charge in [0.1, 0.15) is 0 Å². The van der Waals surface area contributed by atoms with E-state index in [1.54, 1.807) is 43.7 Å². The van der Waals surface area contributed by atoms with Crippen molar-refractivity contribution >= 4 is 29.1 Å². The third-order valence-corrected chi connectivity index (χ3v) is 4.87. The number of nitrogens with one attached hydrogen (secondary N) is 2. The van der Waals surface area contributed by atoms with Crippen LogP contribution in [0.15, 0.2) is 42.7 Å². The average molecular weight is 373 g/mol. The van der Waals surface area contributed by atoms with E-state index in [1.807, 2.05) is 11.0 Å². The molecule has 2 N–H and O–H groups in total. The fourth-order valence-corrected chi connectivity index (χ4v) is 3.23. The SMILES string of the molecule is CNc1ccc(Cl)c(C(=O)NC2CCN(C(=O)c3ccncc3)CC2)c1. The number of rotatable bonds is 4. The van der Waals surface area contributed by atoms with Crippen LogP contribution in [-0.4, -0.2) is 47.9 Å². The van der Waals surface area contributed by atoms with Crippen molar-refractivity contribution in [2.75, 3.05) is 25.5 Å². The van der Waals surface area contributed by atoms with Crippen LogP contribution in [0.1, 0.15) is 33.6 Å². The molecule has 7 heteroatoms. The number of piperidine rings is 1. The Bertz CT molecular complexity index is 789. The molecule has 1 aromatic carbocycles. The number of halogens is 1. The van der Waals surface area contributed by atoms with Gasteiger partial charge in [0.15, 0.2) is 0 Å². The number of anilines is 1. The first-order chi connectivity index (χ1) is 12.6. The molecule has 3 rings (SSSR count). The molecule has 0 unspecified atom stereocenters. The van der Waals surface area contributed by atoms with Gasteiger partial charge in [-0.1, -0.05) is 11.6 Å². The third kappa shape index (κ3) is 4.14. The van der Waals surface area contributed by atoms with Crippen LogP contribution in [0.4, 0.5) is 5.69 Å². The van der Waals surface area contributed by atoms with E-state index in [0.717, 1.165) is 5.69 Å². The van der Waals surface area contributed by atoms with Gasteiger partial charge in [0.2, 0.25) is 0 Å². The van der Waals surface area contributed by atoms with E-state index in [1.165, 1.54) is 0 Å². The number of pyridine rings is 1. The first-order valence-corrected chi connectivity index (χ1v) is 8.93. The third-order valence-electron chi connectivity index (χ3n) is 4.54. The fraction of sp³-hybridized carbons (Fsp3) is 0.316. The molecule has 26 heavy (non-hydrogen) atoms. The van der Waals surface area contributed by atoms with Crippen molar-refractivity contribution in [2.45, 2.75) is 18.9 Å². The molecule has 136 valence electrons. The lowest BCUT2D eigenvalue weighted by Crippen LogP contribution is -2.46. The number of aromatic nitrogens is 1. The maximum atomic E-state index is 12.5. The molecule has 2 heterocycles. The number of hydrogen-bond donors (Lipinski definition) is 2. The summed E-state index contributed by atoms with van der Waals surface area (Å²) in [6.07, 6.45) is 4.66. The Morgan fingerprint density at radius 3 is 2.50 bits per heavy atom. The van der Waals surface area contributed by atoms with Gasteiger partial charge in [-0.25, -0.2) is 0 Å². The first-order valence-electron chi connectivity index (χ1n) is 8.56. The summed E-state index contributed by atoms with van der Waals surface area (Å²) < 4.78 is 0. The van der Waals surface area contributed by atoms with Gasteiger partial charge in [0, 0.05) is 49.8 Å². The highest BCUT2D eigenvalue weighted by atomic mass is 35.5. The summed E-state index contributed by atoms with van der Waals surface area (Å²) in [6.45, 7) is 1.22. The van der Waals surface area contributed by atoms with Crippen molar-refractivity contribution in [3.8, 4) is 0 Å². The van der Waals surface area contributed by atoms with Crippen molar-refractivity contribution in [2.24, 2.45) is 0 Å². The van der Waals surface area contributed by atoms with E-state index in [-0.39, 0.29) is 17.9 Å². The second kappa shape index (κ2) is 8.19. The fourth-order valence-electron chi connectivity index (χ4n) is 3.02. The van der Waals surface area contributed by atoms with Gasteiger partial charge in [-0.15, -0.1) is 0 Å². The minimum Gasteiger partial charge on any atom is -0.388 e. The first kappa shape index (κ1) is 18.2. The Balaban J connectivity index is 1.57. The molecule has 0 saturated carbocycles. The van der Waals surface area contributed by atoms with Gasteiger partial charge in [0.05, 0.1) is 10.6 Å². The van der Waals surface area contributed by atoms with E-state index in [2.05, 4.69) is 15.6 Å². The molecule has 1 fully saturated rings. The largest absolute Gasteiger partial charge is 0.388 e. The smallest absolute Gasteiger partial charge is 0.253 e. The monoisotopic (exact) mass is 372 g/mol. The van der Waals surface area contributed by atoms with Gasteiger partial charge >= 0.3 is 0 Å². The molecular formula is C19H21ClN4O2. The maximum Gasteiger partial charge on any atom is 0.253 e. The summed E-state index contributed by atoms with van der Waals surface area (Å²) in [5.74, 6) is -0.187. The lowest BCUT2D eigenvalue weighted by atomic mass is 10.0. The molecule has 6 nitrogen and oxygen atoms in total. The van der Waals surface area contributed by atoms with Crippen LogP contribution in [0.2, 0.25) is 5.02 Å². The Morgan fingerprint density at radius 1 is 1.15 bits per heavy atom. The number of amides is 2. The molecule has 0 atom stereocenters. The van der Waals surface area contributed by atoms with Crippen LogP contribution in [0, 0.1) is 0 Å². The number of hydrogen-bond acceptors (Lipinski definition) is 4. The highest BCUT2D eigenvalue weighted by molar-refractivity contribution is 6.34. The van der Waals surface area contributed by atoms with E-state index in [0.29, 0.717) is 42.1 Å². The Labute approximate surface area is 157 Å². The number of likely N-dealkylation sites (tertiary alicyclic amines) is 1. The van der Waals surface area contributed by atoms with Gasteiger partial charge in [0.25, 0.3) is 11.8 Å². The quantitative estimate of drug-likeness (QED) is 0.865. The van der Waals surface area contributed by atoms with Crippen LogP contribution in [0.5, 0.6) is 0 Å². The van der Waals surface area contributed by atoms with Crippen LogP contribution in [0.25, 0.3) is 0 Å². The minimum absolute atomic E-state index is 0.00180. The second-order valence-corrected chi connectivity index (χ2v) is 6.63. The molecule has 0 spiro atoms. The van der Waals surface area contributed by atoms with Crippen molar-refractivity contribution in [3.63, 3.8) is 0 Å². The predicted octanol–water partition coefficient (Wildman–Crippen LogP) is 2.81. The summed E-state index contributed by atoms with van der Waals surface area (Å²) in [4.78, 5) is 30.7. The molecular weight excluding hydrogens is 352 g/mol. The molecule has 1 aromatic heterocycles. The molecule has 2 aromatic rings. The topological polar surface area (TPSA) is 74.3 Å². The van der Waals surface area contributed by atoms with Gasteiger partial charge in [-0.2, -0.15) is 0 Å². The predicted molar refractivity (Wildman–Crippen MR) is 102 cm³/mol. The van der Waals surface area contributed by atoms with E-state index < -0.39 is 0 Å². The summed E-state index contributed by atoms with van der Waals surface area (Å²) in [5, 5.41) is 6.45. The highest BCUT2D eigenvalue weighted by Crippen LogP contribution is 2.21. The summed E-state index contributed by atoms with van der Waals surface area (Å²) in [6, 6.07) is 8.72. The summed E-state index contributed by atoms with van der Waals surface area (Å²) in [7, 11) is 1.79. The number of carbonyl (C=O) groups is 2. The average Bonchev–Trinajstić information content (AvgIpc) is 2.69. The lowest BCUT2D eigenvalue weighted by Gasteiger charge is -2.32. The zero-order chi connectivity index (χ0) is 18.5. The normalized spacial score (nSPS) is 14.8. The number of carbonyl (C=O) groups excluding carboxylic acids is 2. The zero-order valence-electron chi connectivity index (χ0n) is 14.5. The van der Waals surface area contributed by atoms with Crippen LogP contribution in [0.3, 0.4) is 0 Å². The molecule has 0 radical (unpaired) electrons. The Morgan fingerprint density at radius 2 is 1.85 bits per heavy atom. The highest BCUT2D eigenvalue weighted by Gasteiger charge is 2.25.